The Hall–Kier alpha value is -0.643. The zero-order valence-electron chi connectivity index (χ0n) is 16.7. The van der Waals surface area contributed by atoms with Gasteiger partial charge in [0.25, 0.3) is 0 Å². The highest BCUT2D eigenvalue weighted by Crippen LogP contribution is 2.51. The van der Waals surface area contributed by atoms with Crippen LogP contribution in [0.3, 0.4) is 0 Å². The SMILES string of the molecule is COCCCCCC1(C2CCC(O)CC2)CC[SiH](c2ccccc2)CC1. The zero-order chi connectivity index (χ0) is 18.2. The first-order chi connectivity index (χ1) is 12.7. The van der Waals surface area contributed by atoms with Gasteiger partial charge in [-0.25, -0.2) is 0 Å². The van der Waals surface area contributed by atoms with E-state index in [1.165, 1.54) is 63.5 Å². The third-order valence-electron chi connectivity index (χ3n) is 7.34. The average Bonchev–Trinajstić information content (AvgIpc) is 2.69. The molecular formula is C23H38O2Si. The van der Waals surface area contributed by atoms with Crippen molar-refractivity contribution in [1.82, 2.24) is 0 Å². The van der Waals surface area contributed by atoms with Crippen LogP contribution < -0.4 is 5.19 Å². The van der Waals surface area contributed by atoms with Gasteiger partial charge in [0, 0.05) is 13.7 Å². The monoisotopic (exact) mass is 374 g/mol. The lowest BCUT2D eigenvalue weighted by atomic mass is 9.63. The standard InChI is InChI=1S/C23H38O2Si/c1-25-17-7-3-6-14-23(20-10-12-21(24)13-11-20)15-18-26(19-16-23)22-8-4-2-5-9-22/h2,4-5,8-9,20-21,24,26H,3,6-7,10-19H2,1H3. The lowest BCUT2D eigenvalue weighted by Gasteiger charge is -2.48. The quantitative estimate of drug-likeness (QED) is 0.530. The summed E-state index contributed by atoms with van der Waals surface area (Å²) < 4.78 is 5.23. The molecule has 1 aromatic carbocycles. The first-order valence-corrected chi connectivity index (χ1v) is 13.2. The topological polar surface area (TPSA) is 29.5 Å². The molecule has 3 heteroatoms. The Morgan fingerprint density at radius 1 is 1.00 bits per heavy atom. The number of aliphatic hydroxyl groups excluding tert-OH is 1. The van der Waals surface area contributed by atoms with E-state index >= 15 is 0 Å². The Balaban J connectivity index is 1.60. The molecule has 0 radical (unpaired) electrons. The summed E-state index contributed by atoms with van der Waals surface area (Å²) in [6.45, 7) is 0.908. The van der Waals surface area contributed by atoms with Crippen molar-refractivity contribution in [2.24, 2.45) is 11.3 Å². The van der Waals surface area contributed by atoms with Crippen LogP contribution in [0, 0.1) is 11.3 Å². The normalized spacial score (nSPS) is 32.5. The Morgan fingerprint density at radius 3 is 2.35 bits per heavy atom. The second-order valence-electron chi connectivity index (χ2n) is 8.86. The summed E-state index contributed by atoms with van der Waals surface area (Å²) in [7, 11) is 1.05. The molecule has 1 aliphatic carbocycles. The van der Waals surface area contributed by atoms with Crippen molar-refractivity contribution in [3.05, 3.63) is 30.3 Å². The van der Waals surface area contributed by atoms with E-state index in [2.05, 4.69) is 30.3 Å². The molecule has 2 fully saturated rings. The largest absolute Gasteiger partial charge is 0.393 e. The number of unbranched alkanes of at least 4 members (excludes halogenated alkanes) is 2. The maximum absolute atomic E-state index is 9.97. The van der Waals surface area contributed by atoms with E-state index in [-0.39, 0.29) is 6.10 Å². The molecule has 1 N–H and O–H groups in total. The summed E-state index contributed by atoms with van der Waals surface area (Å²) in [4.78, 5) is 0. The van der Waals surface area contributed by atoms with E-state index in [0.717, 1.165) is 25.4 Å². The van der Waals surface area contributed by atoms with Crippen LogP contribution in [0.4, 0.5) is 0 Å². The van der Waals surface area contributed by atoms with Gasteiger partial charge in [-0.15, -0.1) is 0 Å². The fourth-order valence-electron chi connectivity index (χ4n) is 5.70. The number of aliphatic hydroxyl groups is 1. The molecular weight excluding hydrogens is 336 g/mol. The third kappa shape index (κ3) is 5.21. The molecule has 0 bridgehead atoms. The fourth-order valence-corrected chi connectivity index (χ4v) is 9.27. The van der Waals surface area contributed by atoms with Crippen molar-refractivity contribution in [3.63, 3.8) is 0 Å². The zero-order valence-corrected chi connectivity index (χ0v) is 17.8. The van der Waals surface area contributed by atoms with Gasteiger partial charge in [0.2, 0.25) is 0 Å². The molecule has 0 spiro atoms. The van der Waals surface area contributed by atoms with Crippen LogP contribution in [0.1, 0.15) is 64.2 Å². The molecule has 0 aromatic heterocycles. The first kappa shape index (κ1) is 20.1. The summed E-state index contributed by atoms with van der Waals surface area (Å²) in [5.41, 5.74) is 0.575. The molecule has 1 aromatic rings. The van der Waals surface area contributed by atoms with E-state index in [9.17, 15) is 5.11 Å². The van der Waals surface area contributed by atoms with E-state index < -0.39 is 8.80 Å². The summed E-state index contributed by atoms with van der Waals surface area (Å²) in [5.74, 6) is 0.860. The summed E-state index contributed by atoms with van der Waals surface area (Å²) in [6.07, 6.45) is 12.8. The Bertz CT molecular complexity index is 502. The summed E-state index contributed by atoms with van der Waals surface area (Å²) in [6, 6.07) is 14.3. The highest BCUT2D eigenvalue weighted by molar-refractivity contribution is 6.73. The van der Waals surface area contributed by atoms with Gasteiger partial charge in [-0.3, -0.25) is 0 Å². The van der Waals surface area contributed by atoms with E-state index in [4.69, 9.17) is 4.74 Å². The Kier molecular flexibility index (Phi) is 7.77. The molecule has 2 aliphatic rings. The average molecular weight is 375 g/mol. The van der Waals surface area contributed by atoms with Crippen LogP contribution in [0.25, 0.3) is 0 Å². The van der Waals surface area contributed by atoms with Crippen LogP contribution in [-0.4, -0.2) is 33.7 Å². The number of methoxy groups -OCH3 is 1. The van der Waals surface area contributed by atoms with Crippen molar-refractivity contribution in [2.75, 3.05) is 13.7 Å². The van der Waals surface area contributed by atoms with Crippen molar-refractivity contribution in [2.45, 2.75) is 82.4 Å². The van der Waals surface area contributed by atoms with Crippen molar-refractivity contribution in [1.29, 1.82) is 0 Å². The van der Waals surface area contributed by atoms with E-state index in [1.807, 2.05) is 7.11 Å². The highest BCUT2D eigenvalue weighted by atomic mass is 28.3. The van der Waals surface area contributed by atoms with Crippen molar-refractivity contribution < 1.29 is 9.84 Å². The van der Waals surface area contributed by atoms with Gasteiger partial charge in [0.1, 0.15) is 0 Å². The third-order valence-corrected chi connectivity index (χ3v) is 10.6. The van der Waals surface area contributed by atoms with Crippen molar-refractivity contribution in [3.8, 4) is 0 Å². The number of hydrogen-bond acceptors (Lipinski definition) is 2. The molecule has 1 saturated carbocycles. The minimum Gasteiger partial charge on any atom is -0.393 e. The smallest absolute Gasteiger partial charge is 0.0708 e. The first-order valence-electron chi connectivity index (χ1n) is 11.0. The molecule has 1 heterocycles. The van der Waals surface area contributed by atoms with E-state index in [1.54, 1.807) is 5.19 Å². The second kappa shape index (κ2) is 10.1. The molecule has 3 rings (SSSR count). The minimum atomic E-state index is -0.755. The van der Waals surface area contributed by atoms with Gasteiger partial charge in [0.05, 0.1) is 14.9 Å². The Labute approximate surface area is 162 Å². The summed E-state index contributed by atoms with van der Waals surface area (Å²) in [5, 5.41) is 11.6. The lowest BCUT2D eigenvalue weighted by molar-refractivity contribution is 0.0337. The number of ether oxygens (including phenoxy) is 1. The lowest BCUT2D eigenvalue weighted by Crippen LogP contribution is -2.43. The molecule has 26 heavy (non-hydrogen) atoms. The van der Waals surface area contributed by atoms with Gasteiger partial charge in [-0.05, 0) is 62.7 Å². The molecule has 0 amide bonds. The van der Waals surface area contributed by atoms with Gasteiger partial charge in [-0.2, -0.15) is 0 Å². The number of rotatable bonds is 8. The minimum absolute atomic E-state index is 0.0277. The number of hydrogen-bond donors (Lipinski definition) is 1. The van der Waals surface area contributed by atoms with Crippen LogP contribution in [0.5, 0.6) is 0 Å². The predicted molar refractivity (Wildman–Crippen MR) is 113 cm³/mol. The molecule has 146 valence electrons. The van der Waals surface area contributed by atoms with Gasteiger partial charge in [-0.1, -0.05) is 60.4 Å². The molecule has 1 aliphatic heterocycles. The molecule has 2 nitrogen and oxygen atoms in total. The number of benzene rings is 1. The van der Waals surface area contributed by atoms with E-state index in [0.29, 0.717) is 5.41 Å². The van der Waals surface area contributed by atoms with Crippen LogP contribution in [0.15, 0.2) is 30.3 Å². The van der Waals surface area contributed by atoms with Crippen molar-refractivity contribution >= 4 is 14.0 Å². The van der Waals surface area contributed by atoms with Crippen LogP contribution in [-0.2, 0) is 4.74 Å². The fraction of sp³-hybridized carbons (Fsp3) is 0.739. The predicted octanol–water partition coefficient (Wildman–Crippen LogP) is 4.66. The van der Waals surface area contributed by atoms with Gasteiger partial charge in [0.15, 0.2) is 0 Å². The molecule has 0 unspecified atom stereocenters. The molecule has 0 atom stereocenters. The maximum atomic E-state index is 9.97. The highest BCUT2D eigenvalue weighted by Gasteiger charge is 2.42. The van der Waals surface area contributed by atoms with Gasteiger partial charge >= 0.3 is 0 Å². The summed E-state index contributed by atoms with van der Waals surface area (Å²) >= 11 is 0. The van der Waals surface area contributed by atoms with Crippen LogP contribution >= 0.6 is 0 Å². The van der Waals surface area contributed by atoms with Gasteiger partial charge < -0.3 is 9.84 Å². The maximum Gasteiger partial charge on any atom is 0.0708 e. The Morgan fingerprint density at radius 2 is 1.69 bits per heavy atom. The second-order valence-corrected chi connectivity index (χ2v) is 12.1. The molecule has 1 saturated heterocycles. The van der Waals surface area contributed by atoms with Crippen LogP contribution in [0.2, 0.25) is 12.1 Å².